The molecule has 0 fully saturated rings. The summed E-state index contributed by atoms with van der Waals surface area (Å²) in [5, 5.41) is -0.0490. The van der Waals surface area contributed by atoms with Crippen LogP contribution in [0.25, 0.3) is 11.3 Å². The summed E-state index contributed by atoms with van der Waals surface area (Å²) in [5.74, 6) is 0.592. The summed E-state index contributed by atoms with van der Waals surface area (Å²) in [5.41, 5.74) is 2.15. The van der Waals surface area contributed by atoms with E-state index >= 15 is 0 Å². The molecule has 3 rings (SSSR count). The molecule has 0 aliphatic carbocycles. The zero-order chi connectivity index (χ0) is 17.5. The standard InChI is InChI=1S/C17H17N3O3S.2ClH/c1-12-15(11-21)9-20(17(12)14-7-5-4-6-8-14)24(22,23)16-10-19(3)13(2)18-16;;/h4-11H,1-3H3;2*1H. The van der Waals surface area contributed by atoms with Gasteiger partial charge in [-0.1, -0.05) is 30.3 Å². The molecule has 0 saturated carbocycles. The van der Waals surface area contributed by atoms with Crippen LogP contribution in [0.4, 0.5) is 0 Å². The van der Waals surface area contributed by atoms with Crippen molar-refractivity contribution in [1.82, 2.24) is 13.5 Å². The molecule has 0 amide bonds. The van der Waals surface area contributed by atoms with Crippen LogP contribution in [0.3, 0.4) is 0 Å². The maximum Gasteiger partial charge on any atom is 0.287 e. The monoisotopic (exact) mass is 415 g/mol. The van der Waals surface area contributed by atoms with E-state index < -0.39 is 10.0 Å². The molecular weight excluding hydrogens is 397 g/mol. The normalized spacial score (nSPS) is 10.7. The Morgan fingerprint density at radius 3 is 2.15 bits per heavy atom. The molecule has 2 heterocycles. The Morgan fingerprint density at radius 2 is 1.65 bits per heavy atom. The Bertz CT molecular complexity index is 1010. The fourth-order valence-electron chi connectivity index (χ4n) is 2.59. The average molecular weight is 416 g/mol. The number of hydrogen-bond acceptors (Lipinski definition) is 4. The van der Waals surface area contributed by atoms with Gasteiger partial charge in [-0.15, -0.1) is 24.8 Å². The molecule has 0 aliphatic heterocycles. The van der Waals surface area contributed by atoms with Gasteiger partial charge in [-0.05, 0) is 25.0 Å². The molecule has 0 radical (unpaired) electrons. The van der Waals surface area contributed by atoms with E-state index in [4.69, 9.17) is 0 Å². The SMILES string of the molecule is Cc1c(C=O)cn(S(=O)(=O)c2cn(C)c(C)n2)c1-c1ccccc1.Cl.Cl. The van der Waals surface area contributed by atoms with E-state index in [2.05, 4.69) is 4.98 Å². The van der Waals surface area contributed by atoms with Crippen LogP contribution in [0.5, 0.6) is 0 Å². The van der Waals surface area contributed by atoms with Crippen molar-refractivity contribution in [2.45, 2.75) is 18.9 Å². The maximum atomic E-state index is 13.0. The van der Waals surface area contributed by atoms with Gasteiger partial charge >= 0.3 is 0 Å². The molecule has 0 bridgehead atoms. The number of aromatic nitrogens is 3. The second-order valence-corrected chi connectivity index (χ2v) is 7.34. The molecule has 140 valence electrons. The topological polar surface area (TPSA) is 74.0 Å². The zero-order valence-electron chi connectivity index (χ0n) is 14.4. The Morgan fingerprint density at radius 1 is 1.04 bits per heavy atom. The van der Waals surface area contributed by atoms with Gasteiger partial charge in [-0.25, -0.2) is 8.96 Å². The first-order chi connectivity index (χ1) is 11.4. The first-order valence-electron chi connectivity index (χ1n) is 7.34. The average Bonchev–Trinajstić information content (AvgIpc) is 3.09. The number of aldehydes is 1. The number of nitrogens with zero attached hydrogens (tertiary/aromatic N) is 3. The Kier molecular flexibility index (Phi) is 6.82. The van der Waals surface area contributed by atoms with Crippen molar-refractivity contribution >= 4 is 41.1 Å². The number of rotatable bonds is 4. The van der Waals surface area contributed by atoms with Crippen LogP contribution in [0.1, 0.15) is 21.7 Å². The predicted molar refractivity (Wildman–Crippen MR) is 105 cm³/mol. The van der Waals surface area contributed by atoms with Crippen LogP contribution >= 0.6 is 24.8 Å². The first kappa shape index (κ1) is 22.0. The van der Waals surface area contributed by atoms with Gasteiger partial charge in [0.05, 0.1) is 5.69 Å². The van der Waals surface area contributed by atoms with Crippen LogP contribution in [0.2, 0.25) is 0 Å². The lowest BCUT2D eigenvalue weighted by Gasteiger charge is -2.10. The largest absolute Gasteiger partial charge is 0.337 e. The number of benzene rings is 1. The second-order valence-electron chi connectivity index (χ2n) is 5.58. The van der Waals surface area contributed by atoms with Gasteiger partial charge in [0.1, 0.15) is 5.82 Å². The van der Waals surface area contributed by atoms with E-state index in [1.807, 2.05) is 30.3 Å². The molecular formula is C17H19Cl2N3O3S. The van der Waals surface area contributed by atoms with Gasteiger partial charge in [0.15, 0.2) is 11.3 Å². The van der Waals surface area contributed by atoms with Crippen LogP contribution in [0, 0.1) is 13.8 Å². The van der Waals surface area contributed by atoms with E-state index in [-0.39, 0.29) is 29.8 Å². The number of carbonyl (C=O) groups excluding carboxylic acids is 1. The lowest BCUT2D eigenvalue weighted by molar-refractivity contribution is 0.112. The molecule has 2 aromatic heterocycles. The van der Waals surface area contributed by atoms with Crippen LogP contribution in [-0.4, -0.2) is 28.2 Å². The van der Waals surface area contributed by atoms with Crippen LogP contribution in [0.15, 0.2) is 47.8 Å². The third kappa shape index (κ3) is 3.56. The Labute approximate surface area is 164 Å². The van der Waals surface area contributed by atoms with E-state index in [9.17, 15) is 13.2 Å². The third-order valence-electron chi connectivity index (χ3n) is 4.05. The van der Waals surface area contributed by atoms with Gasteiger partial charge in [0.25, 0.3) is 10.0 Å². The molecule has 1 aromatic carbocycles. The maximum absolute atomic E-state index is 13.0. The highest BCUT2D eigenvalue weighted by Crippen LogP contribution is 2.30. The minimum Gasteiger partial charge on any atom is -0.337 e. The fourth-order valence-corrected chi connectivity index (χ4v) is 4.06. The Balaban J connectivity index is 0.00000169. The second kappa shape index (κ2) is 8.07. The highest BCUT2D eigenvalue weighted by Gasteiger charge is 2.26. The van der Waals surface area contributed by atoms with Gasteiger partial charge in [-0.3, -0.25) is 4.79 Å². The summed E-state index contributed by atoms with van der Waals surface area (Å²) >= 11 is 0. The number of aryl methyl sites for hydroxylation is 2. The van der Waals surface area contributed by atoms with Crippen LogP contribution < -0.4 is 0 Å². The minimum atomic E-state index is -3.91. The molecule has 9 heteroatoms. The molecule has 0 spiro atoms. The molecule has 0 atom stereocenters. The smallest absolute Gasteiger partial charge is 0.287 e. The summed E-state index contributed by atoms with van der Waals surface area (Å²) in [4.78, 5) is 15.4. The summed E-state index contributed by atoms with van der Waals surface area (Å²) in [6, 6.07) is 9.12. The highest BCUT2D eigenvalue weighted by molar-refractivity contribution is 7.90. The van der Waals surface area contributed by atoms with Gasteiger partial charge in [-0.2, -0.15) is 8.42 Å². The number of halogens is 2. The molecule has 0 aliphatic rings. The number of imidazole rings is 1. The quantitative estimate of drug-likeness (QED) is 0.611. The summed E-state index contributed by atoms with van der Waals surface area (Å²) in [6.45, 7) is 3.47. The lowest BCUT2D eigenvalue weighted by atomic mass is 10.1. The van der Waals surface area contributed by atoms with Crippen molar-refractivity contribution in [1.29, 1.82) is 0 Å². The van der Waals surface area contributed by atoms with E-state index in [0.29, 0.717) is 28.9 Å². The van der Waals surface area contributed by atoms with Crippen molar-refractivity contribution < 1.29 is 13.2 Å². The van der Waals surface area contributed by atoms with E-state index in [1.165, 1.54) is 12.4 Å². The summed E-state index contributed by atoms with van der Waals surface area (Å²) < 4.78 is 28.9. The highest BCUT2D eigenvalue weighted by atomic mass is 35.5. The number of carbonyl (C=O) groups is 1. The minimum absolute atomic E-state index is 0. The van der Waals surface area contributed by atoms with Gasteiger partial charge in [0.2, 0.25) is 0 Å². The summed E-state index contributed by atoms with van der Waals surface area (Å²) in [7, 11) is -2.17. The third-order valence-corrected chi connectivity index (χ3v) is 5.58. The van der Waals surface area contributed by atoms with Crippen molar-refractivity contribution in [3.63, 3.8) is 0 Å². The van der Waals surface area contributed by atoms with E-state index in [1.54, 1.807) is 25.5 Å². The number of hydrogen-bond donors (Lipinski definition) is 0. The molecule has 26 heavy (non-hydrogen) atoms. The zero-order valence-corrected chi connectivity index (χ0v) is 16.9. The van der Waals surface area contributed by atoms with Gasteiger partial charge < -0.3 is 4.57 Å². The summed E-state index contributed by atoms with van der Waals surface area (Å²) in [6.07, 6.45) is 3.48. The fraction of sp³-hybridized carbons (Fsp3) is 0.176. The Hall–Kier alpha value is -2.09. The first-order valence-corrected chi connectivity index (χ1v) is 8.78. The van der Waals surface area contributed by atoms with E-state index in [0.717, 1.165) is 9.54 Å². The molecule has 0 saturated heterocycles. The molecule has 0 unspecified atom stereocenters. The lowest BCUT2D eigenvalue weighted by Crippen LogP contribution is -2.14. The molecule has 6 nitrogen and oxygen atoms in total. The van der Waals surface area contributed by atoms with Crippen molar-refractivity contribution in [2.75, 3.05) is 0 Å². The van der Waals surface area contributed by atoms with Crippen molar-refractivity contribution in [3.05, 3.63) is 59.7 Å². The van der Waals surface area contributed by atoms with Crippen molar-refractivity contribution in [2.24, 2.45) is 7.05 Å². The molecule has 0 N–H and O–H groups in total. The predicted octanol–water partition coefficient (Wildman–Crippen LogP) is 3.40. The molecule has 3 aromatic rings. The van der Waals surface area contributed by atoms with Gasteiger partial charge in [0, 0.05) is 25.0 Å². The van der Waals surface area contributed by atoms with Crippen LogP contribution in [-0.2, 0) is 17.1 Å². The van der Waals surface area contributed by atoms with Crippen molar-refractivity contribution in [3.8, 4) is 11.3 Å².